The lowest BCUT2D eigenvalue weighted by atomic mass is 10.1. The van der Waals surface area contributed by atoms with Crippen molar-refractivity contribution >= 4 is 35.2 Å². The molecule has 0 saturated heterocycles. The fraction of sp³-hybridized carbons (Fsp3) is 0.0909. The number of hydrogen-bond acceptors (Lipinski definition) is 7. The van der Waals surface area contributed by atoms with Crippen LogP contribution in [0.4, 0.5) is 11.4 Å². The number of hydrogen-bond donors (Lipinski definition) is 2. The van der Waals surface area contributed by atoms with E-state index in [4.69, 9.17) is 26.2 Å². The van der Waals surface area contributed by atoms with Crippen molar-refractivity contribution in [1.82, 2.24) is 0 Å². The quantitative estimate of drug-likeness (QED) is 0.265. The molecule has 0 radical (unpaired) electrons. The molecule has 0 unspecified atom stereocenters. The highest BCUT2D eigenvalue weighted by Gasteiger charge is 2.19. The summed E-state index contributed by atoms with van der Waals surface area (Å²) in [4.78, 5) is 22.2. The van der Waals surface area contributed by atoms with E-state index >= 15 is 0 Å². The Balaban J connectivity index is 1.83. The van der Waals surface area contributed by atoms with Crippen molar-refractivity contribution in [3.63, 3.8) is 0 Å². The topological polar surface area (TPSA) is 123 Å². The van der Waals surface area contributed by atoms with Gasteiger partial charge < -0.3 is 14.6 Å². The Morgan fingerprint density at radius 3 is 2.59 bits per heavy atom. The minimum absolute atomic E-state index is 0.0819. The number of nitro benzene ring substituents is 1. The molecule has 0 saturated carbocycles. The minimum Gasteiger partial charge on any atom is -0.493 e. The summed E-state index contributed by atoms with van der Waals surface area (Å²) in [6.45, 7) is 0.214. The molecule has 3 aromatic rings. The van der Waals surface area contributed by atoms with Crippen LogP contribution in [0.1, 0.15) is 21.5 Å². The average molecular weight is 456 g/mol. The summed E-state index contributed by atoms with van der Waals surface area (Å²) in [5.41, 5.74) is 3.71. The van der Waals surface area contributed by atoms with Crippen molar-refractivity contribution in [3.05, 3.63) is 92.5 Å². The fourth-order valence-electron chi connectivity index (χ4n) is 2.77. The van der Waals surface area contributed by atoms with Gasteiger partial charge in [0, 0.05) is 0 Å². The van der Waals surface area contributed by atoms with Crippen molar-refractivity contribution in [2.24, 2.45) is 5.10 Å². The summed E-state index contributed by atoms with van der Waals surface area (Å²) in [7, 11) is 1.43. The van der Waals surface area contributed by atoms with E-state index < -0.39 is 10.9 Å². The van der Waals surface area contributed by atoms with E-state index in [0.29, 0.717) is 11.4 Å². The molecule has 3 aromatic carbocycles. The van der Waals surface area contributed by atoms with Crippen LogP contribution in [0.5, 0.6) is 11.5 Å². The highest BCUT2D eigenvalue weighted by molar-refractivity contribution is 6.33. The van der Waals surface area contributed by atoms with Crippen LogP contribution in [0.2, 0.25) is 5.02 Å². The van der Waals surface area contributed by atoms with Crippen molar-refractivity contribution in [2.45, 2.75) is 6.61 Å². The molecule has 0 aliphatic rings. The molecule has 3 rings (SSSR count). The number of nitrogens with one attached hydrogen (secondary N) is 1. The van der Waals surface area contributed by atoms with Gasteiger partial charge in [0.25, 0.3) is 5.69 Å². The molecular weight excluding hydrogens is 438 g/mol. The number of ether oxygens (including phenoxy) is 2. The summed E-state index contributed by atoms with van der Waals surface area (Å²) in [5.74, 6) is -0.668. The molecule has 0 aromatic heterocycles. The van der Waals surface area contributed by atoms with Gasteiger partial charge >= 0.3 is 5.97 Å². The minimum atomic E-state index is -1.19. The summed E-state index contributed by atoms with van der Waals surface area (Å²) < 4.78 is 11.0. The van der Waals surface area contributed by atoms with Crippen molar-refractivity contribution in [1.29, 1.82) is 0 Å². The van der Waals surface area contributed by atoms with E-state index in [-0.39, 0.29) is 34.2 Å². The molecular formula is C22H18ClN3O6. The largest absolute Gasteiger partial charge is 0.493 e. The molecule has 9 nitrogen and oxygen atoms in total. The molecule has 0 atom stereocenters. The lowest BCUT2D eigenvalue weighted by Gasteiger charge is -2.12. The molecule has 32 heavy (non-hydrogen) atoms. The highest BCUT2D eigenvalue weighted by Crippen LogP contribution is 2.34. The number of anilines is 1. The van der Waals surface area contributed by atoms with E-state index in [1.165, 1.54) is 43.7 Å². The van der Waals surface area contributed by atoms with Gasteiger partial charge in [-0.2, -0.15) is 5.10 Å². The second kappa shape index (κ2) is 10.3. The summed E-state index contributed by atoms with van der Waals surface area (Å²) in [6, 6.07) is 16.3. The Morgan fingerprint density at radius 2 is 1.94 bits per heavy atom. The molecule has 0 bridgehead atoms. The monoisotopic (exact) mass is 455 g/mol. The SMILES string of the molecule is COc1cc(/C=N\Nc2ccc(Cl)c(C(=O)O)c2)c([N+](=O)[O-])cc1OCc1ccccc1. The van der Waals surface area contributed by atoms with Crippen molar-refractivity contribution in [3.8, 4) is 11.5 Å². The summed E-state index contributed by atoms with van der Waals surface area (Å²) in [6.07, 6.45) is 1.23. The molecule has 0 aliphatic heterocycles. The van der Waals surface area contributed by atoms with Gasteiger partial charge in [-0.1, -0.05) is 41.9 Å². The number of hydrazone groups is 1. The number of carbonyl (C=O) groups is 1. The third-order valence-corrected chi connectivity index (χ3v) is 4.67. The zero-order valence-corrected chi connectivity index (χ0v) is 17.6. The van der Waals surface area contributed by atoms with Crippen LogP contribution in [0.3, 0.4) is 0 Å². The van der Waals surface area contributed by atoms with Crippen LogP contribution in [0.25, 0.3) is 0 Å². The number of nitro groups is 1. The predicted octanol–water partition coefficient (Wildman–Crippen LogP) is 4.98. The molecule has 0 fully saturated rings. The lowest BCUT2D eigenvalue weighted by Crippen LogP contribution is -2.02. The first-order chi connectivity index (χ1) is 15.4. The Bertz CT molecular complexity index is 1170. The Morgan fingerprint density at radius 1 is 1.19 bits per heavy atom. The van der Waals surface area contributed by atoms with E-state index in [1.54, 1.807) is 0 Å². The smallest absolute Gasteiger partial charge is 0.337 e. The van der Waals surface area contributed by atoms with Gasteiger partial charge in [0.15, 0.2) is 11.5 Å². The maximum absolute atomic E-state index is 11.6. The predicted molar refractivity (Wildman–Crippen MR) is 120 cm³/mol. The summed E-state index contributed by atoms with van der Waals surface area (Å²) in [5, 5.41) is 24.8. The van der Waals surface area contributed by atoms with E-state index in [9.17, 15) is 14.9 Å². The second-order valence-electron chi connectivity index (χ2n) is 6.46. The van der Waals surface area contributed by atoms with Crippen LogP contribution in [0, 0.1) is 10.1 Å². The lowest BCUT2D eigenvalue weighted by molar-refractivity contribution is -0.385. The zero-order chi connectivity index (χ0) is 23.1. The van der Waals surface area contributed by atoms with Crippen molar-refractivity contribution in [2.75, 3.05) is 12.5 Å². The van der Waals surface area contributed by atoms with Gasteiger partial charge in [-0.3, -0.25) is 15.5 Å². The number of rotatable bonds is 9. The molecule has 0 spiro atoms. The number of benzene rings is 3. The van der Waals surface area contributed by atoms with Gasteiger partial charge in [0.2, 0.25) is 0 Å². The zero-order valence-electron chi connectivity index (χ0n) is 16.8. The first-order valence-electron chi connectivity index (χ1n) is 9.24. The third-order valence-electron chi connectivity index (χ3n) is 4.34. The Labute approximate surface area is 188 Å². The highest BCUT2D eigenvalue weighted by atomic mass is 35.5. The fourth-order valence-corrected chi connectivity index (χ4v) is 2.97. The maximum Gasteiger partial charge on any atom is 0.337 e. The number of methoxy groups -OCH3 is 1. The summed E-state index contributed by atoms with van der Waals surface area (Å²) >= 11 is 5.84. The van der Waals surface area contributed by atoms with Gasteiger partial charge in [0.1, 0.15) is 6.61 Å². The first-order valence-corrected chi connectivity index (χ1v) is 9.62. The van der Waals surface area contributed by atoms with Crippen LogP contribution < -0.4 is 14.9 Å². The number of carboxylic acid groups (broad SMARTS) is 1. The Hall–Kier alpha value is -4.11. The normalized spacial score (nSPS) is 10.7. The third kappa shape index (κ3) is 5.52. The average Bonchev–Trinajstić information content (AvgIpc) is 2.79. The molecule has 164 valence electrons. The number of carboxylic acids is 1. The maximum atomic E-state index is 11.6. The van der Waals surface area contributed by atoms with Crippen LogP contribution in [0.15, 0.2) is 65.8 Å². The number of halogens is 1. The van der Waals surface area contributed by atoms with Gasteiger partial charge in [0.05, 0.1) is 46.2 Å². The molecule has 0 heterocycles. The number of nitrogens with zero attached hydrogens (tertiary/aromatic N) is 2. The first kappa shape index (κ1) is 22.6. The standard InChI is InChI=1S/C22H18ClN3O6/c1-31-20-9-15(12-24-25-16-7-8-18(23)17(10-16)22(27)28)19(26(29)30)11-21(20)32-13-14-5-3-2-4-6-14/h2-12,25H,13H2,1H3,(H,27,28)/b24-12-. The van der Waals surface area contributed by atoms with Gasteiger partial charge in [-0.25, -0.2) is 4.79 Å². The molecule has 2 N–H and O–H groups in total. The van der Waals surface area contributed by atoms with E-state index in [0.717, 1.165) is 5.56 Å². The molecule has 0 aliphatic carbocycles. The Kier molecular flexibility index (Phi) is 7.25. The number of aromatic carboxylic acids is 1. The second-order valence-corrected chi connectivity index (χ2v) is 6.87. The van der Waals surface area contributed by atoms with Crippen molar-refractivity contribution < 1.29 is 24.3 Å². The van der Waals surface area contributed by atoms with E-state index in [1.807, 2.05) is 30.3 Å². The van der Waals surface area contributed by atoms with Crippen LogP contribution in [-0.2, 0) is 6.61 Å². The molecule has 10 heteroatoms. The van der Waals surface area contributed by atoms with E-state index in [2.05, 4.69) is 10.5 Å². The molecule has 0 amide bonds. The van der Waals surface area contributed by atoms with Gasteiger partial charge in [-0.05, 0) is 29.8 Å². The van der Waals surface area contributed by atoms with Crippen LogP contribution >= 0.6 is 11.6 Å². The van der Waals surface area contributed by atoms with Crippen LogP contribution in [-0.4, -0.2) is 29.3 Å². The van der Waals surface area contributed by atoms with Gasteiger partial charge in [-0.15, -0.1) is 0 Å².